The van der Waals surface area contributed by atoms with Crippen LogP contribution in [-0.4, -0.2) is 24.5 Å². The highest BCUT2D eigenvalue weighted by molar-refractivity contribution is 14.1. The predicted octanol–water partition coefficient (Wildman–Crippen LogP) is 2.68. The number of rotatable bonds is 8. The molecule has 0 spiro atoms. The summed E-state index contributed by atoms with van der Waals surface area (Å²) >= 11 is 2.09. The number of carbonyl (C=O) groups is 1. The van der Waals surface area contributed by atoms with Gasteiger partial charge in [0.1, 0.15) is 0 Å². The molecule has 0 fully saturated rings. The Hall–Kier alpha value is -2.56. The third kappa shape index (κ3) is 5.21. The maximum atomic E-state index is 10.9. The van der Waals surface area contributed by atoms with E-state index in [-0.39, 0.29) is 12.3 Å². The van der Waals surface area contributed by atoms with Gasteiger partial charge in [-0.15, -0.1) is 0 Å². The molecule has 25 heavy (non-hydrogen) atoms. The first-order valence-corrected chi connectivity index (χ1v) is 8.24. The molecule has 9 heteroatoms. The smallest absolute Gasteiger partial charge is 0.269 e. The van der Waals surface area contributed by atoms with Crippen molar-refractivity contribution < 1.29 is 19.2 Å². The minimum absolute atomic E-state index is 0.0396. The molecule has 0 aliphatic rings. The molecule has 0 aliphatic carbocycles. The Bertz CT molecular complexity index is 780. The number of hydrogen-bond acceptors (Lipinski definition) is 6. The van der Waals surface area contributed by atoms with Crippen LogP contribution in [0.3, 0.4) is 0 Å². The zero-order valence-electron chi connectivity index (χ0n) is 13.3. The summed E-state index contributed by atoms with van der Waals surface area (Å²) in [5, 5.41) is 13.8. The number of non-ortho nitro benzene ring substituents is 1. The molecule has 0 bridgehead atoms. The normalized spacial score (nSPS) is 10.2. The summed E-state index contributed by atoms with van der Waals surface area (Å²) in [6.07, 6.45) is 0. The van der Waals surface area contributed by atoms with E-state index >= 15 is 0 Å². The van der Waals surface area contributed by atoms with E-state index in [9.17, 15) is 14.9 Å². The molecule has 3 N–H and O–H groups in total. The first kappa shape index (κ1) is 18.8. The predicted molar refractivity (Wildman–Crippen MR) is 101 cm³/mol. The van der Waals surface area contributed by atoms with Gasteiger partial charge < -0.3 is 20.5 Å². The Morgan fingerprint density at radius 2 is 2.00 bits per heavy atom. The van der Waals surface area contributed by atoms with Crippen LogP contribution in [-0.2, 0) is 11.3 Å². The van der Waals surface area contributed by atoms with Gasteiger partial charge in [0.15, 0.2) is 18.1 Å². The van der Waals surface area contributed by atoms with Crippen molar-refractivity contribution in [2.45, 2.75) is 6.54 Å². The van der Waals surface area contributed by atoms with Crippen LogP contribution in [0, 0.1) is 13.7 Å². The second kappa shape index (κ2) is 8.51. The van der Waals surface area contributed by atoms with Crippen molar-refractivity contribution in [1.29, 1.82) is 0 Å². The molecule has 0 aliphatic heterocycles. The molecular weight excluding hydrogens is 441 g/mol. The fraction of sp³-hybridized carbons (Fsp3) is 0.188. The maximum absolute atomic E-state index is 10.9. The summed E-state index contributed by atoms with van der Waals surface area (Å²) in [6.45, 7) is 0.257. The Morgan fingerprint density at radius 1 is 1.32 bits per heavy atom. The van der Waals surface area contributed by atoms with Crippen molar-refractivity contribution in [3.63, 3.8) is 0 Å². The maximum Gasteiger partial charge on any atom is 0.269 e. The van der Waals surface area contributed by atoms with Crippen LogP contribution in [0.2, 0.25) is 0 Å². The zero-order valence-corrected chi connectivity index (χ0v) is 15.5. The van der Waals surface area contributed by atoms with Crippen molar-refractivity contribution in [2.24, 2.45) is 5.73 Å². The number of hydrogen-bond donors (Lipinski definition) is 2. The second-order valence-corrected chi connectivity index (χ2v) is 6.18. The van der Waals surface area contributed by atoms with Gasteiger partial charge in [0.2, 0.25) is 0 Å². The molecule has 0 atom stereocenters. The van der Waals surface area contributed by atoms with Crippen molar-refractivity contribution in [3.05, 3.63) is 55.6 Å². The summed E-state index contributed by atoms with van der Waals surface area (Å²) in [5.41, 5.74) is 6.81. The van der Waals surface area contributed by atoms with Gasteiger partial charge in [-0.05, 0) is 52.4 Å². The summed E-state index contributed by atoms with van der Waals surface area (Å²) in [5.74, 6) is 0.386. The average Bonchev–Trinajstić information content (AvgIpc) is 2.58. The summed E-state index contributed by atoms with van der Waals surface area (Å²) < 4.78 is 11.5. The van der Waals surface area contributed by atoms with Crippen molar-refractivity contribution in [3.8, 4) is 11.5 Å². The third-order valence-corrected chi connectivity index (χ3v) is 4.02. The van der Waals surface area contributed by atoms with E-state index in [1.165, 1.54) is 19.2 Å². The summed E-state index contributed by atoms with van der Waals surface area (Å²) in [6, 6.07) is 9.84. The lowest BCUT2D eigenvalue weighted by Crippen LogP contribution is -2.20. The molecule has 0 radical (unpaired) electrons. The first-order valence-electron chi connectivity index (χ1n) is 7.16. The molecule has 1 amide bonds. The van der Waals surface area contributed by atoms with Gasteiger partial charge in [0, 0.05) is 24.4 Å². The Morgan fingerprint density at radius 3 is 2.56 bits per heavy atom. The highest BCUT2D eigenvalue weighted by Gasteiger charge is 2.13. The quantitative estimate of drug-likeness (QED) is 0.358. The van der Waals surface area contributed by atoms with Crippen LogP contribution in [0.25, 0.3) is 0 Å². The number of nitrogens with two attached hydrogens (primary N) is 1. The minimum Gasteiger partial charge on any atom is -0.493 e. The topological polar surface area (TPSA) is 117 Å². The largest absolute Gasteiger partial charge is 0.493 e. The molecule has 2 aromatic carbocycles. The van der Waals surface area contributed by atoms with Gasteiger partial charge in [-0.3, -0.25) is 14.9 Å². The number of primary amides is 1. The minimum atomic E-state index is -0.568. The highest BCUT2D eigenvalue weighted by atomic mass is 127. The number of ether oxygens (including phenoxy) is 2. The molecule has 2 rings (SSSR count). The van der Waals surface area contributed by atoms with Crippen LogP contribution in [0.15, 0.2) is 36.4 Å². The molecule has 0 unspecified atom stereocenters. The number of benzene rings is 2. The van der Waals surface area contributed by atoms with Gasteiger partial charge >= 0.3 is 0 Å². The molecule has 8 nitrogen and oxygen atoms in total. The first-order chi connectivity index (χ1) is 11.9. The number of halogens is 1. The van der Waals surface area contributed by atoms with E-state index in [4.69, 9.17) is 15.2 Å². The molecule has 132 valence electrons. The average molecular weight is 457 g/mol. The van der Waals surface area contributed by atoms with Crippen molar-refractivity contribution in [1.82, 2.24) is 0 Å². The van der Waals surface area contributed by atoms with E-state index in [1.54, 1.807) is 18.2 Å². The van der Waals surface area contributed by atoms with E-state index in [0.29, 0.717) is 18.0 Å². The lowest BCUT2D eigenvalue weighted by Gasteiger charge is -2.14. The number of nitro groups is 1. The van der Waals surface area contributed by atoms with E-state index in [1.807, 2.05) is 6.07 Å². The van der Waals surface area contributed by atoms with Crippen LogP contribution >= 0.6 is 22.6 Å². The number of anilines is 1. The van der Waals surface area contributed by atoms with Gasteiger partial charge in [0.25, 0.3) is 11.6 Å². The van der Waals surface area contributed by atoms with Crippen LogP contribution in [0.4, 0.5) is 11.4 Å². The SMILES string of the molecule is COc1cc(CNc2ccc([N+](=O)[O-])cc2)cc(I)c1OCC(N)=O. The molecule has 0 saturated carbocycles. The third-order valence-electron chi connectivity index (χ3n) is 3.22. The lowest BCUT2D eigenvalue weighted by molar-refractivity contribution is -0.384. The van der Waals surface area contributed by atoms with Crippen molar-refractivity contribution in [2.75, 3.05) is 19.0 Å². The number of amides is 1. The van der Waals surface area contributed by atoms with E-state index in [2.05, 4.69) is 27.9 Å². The summed E-state index contributed by atoms with van der Waals surface area (Å²) in [7, 11) is 1.51. The van der Waals surface area contributed by atoms with Crippen LogP contribution in [0.1, 0.15) is 5.56 Å². The fourth-order valence-corrected chi connectivity index (χ4v) is 2.89. The number of nitrogens with zero attached hydrogens (tertiary/aromatic N) is 1. The molecule has 0 aromatic heterocycles. The standard InChI is InChI=1S/C16H16IN3O5/c1-24-14-7-10(6-13(17)16(14)25-9-15(18)21)8-19-11-2-4-12(5-3-11)20(22)23/h2-7,19H,8-9H2,1H3,(H2,18,21). The molecule has 2 aromatic rings. The lowest BCUT2D eigenvalue weighted by atomic mass is 10.2. The van der Waals surface area contributed by atoms with Crippen LogP contribution in [0.5, 0.6) is 11.5 Å². The molecule has 0 saturated heterocycles. The van der Waals surface area contributed by atoms with Gasteiger partial charge in [0.05, 0.1) is 15.6 Å². The fourth-order valence-electron chi connectivity index (χ4n) is 2.06. The van der Waals surface area contributed by atoms with Gasteiger partial charge in [-0.2, -0.15) is 0 Å². The number of nitrogens with one attached hydrogen (secondary N) is 1. The van der Waals surface area contributed by atoms with Gasteiger partial charge in [-0.25, -0.2) is 0 Å². The molecule has 0 heterocycles. The number of carbonyl (C=O) groups excluding carboxylic acids is 1. The van der Waals surface area contributed by atoms with E-state index < -0.39 is 10.8 Å². The Balaban J connectivity index is 2.10. The monoisotopic (exact) mass is 457 g/mol. The van der Waals surface area contributed by atoms with Gasteiger partial charge in [-0.1, -0.05) is 0 Å². The Kier molecular flexibility index (Phi) is 6.39. The molecular formula is C16H16IN3O5. The van der Waals surface area contributed by atoms with Crippen LogP contribution < -0.4 is 20.5 Å². The number of methoxy groups -OCH3 is 1. The van der Waals surface area contributed by atoms with E-state index in [0.717, 1.165) is 14.8 Å². The zero-order chi connectivity index (χ0) is 18.4. The number of nitro benzene ring substituents is 1. The Labute approximate surface area is 157 Å². The second-order valence-electron chi connectivity index (χ2n) is 5.02. The van der Waals surface area contributed by atoms with Crippen molar-refractivity contribution >= 4 is 39.9 Å². The summed E-state index contributed by atoms with van der Waals surface area (Å²) in [4.78, 5) is 21.1. The highest BCUT2D eigenvalue weighted by Crippen LogP contribution is 2.34.